The maximum atomic E-state index is 13.2. The predicted octanol–water partition coefficient (Wildman–Crippen LogP) is 2.47. The highest BCUT2D eigenvalue weighted by atomic mass is 19.1. The Bertz CT molecular complexity index is 910. The van der Waals surface area contributed by atoms with Crippen LogP contribution < -0.4 is 16.2 Å². The highest BCUT2D eigenvalue weighted by molar-refractivity contribution is 5.93. The van der Waals surface area contributed by atoms with Gasteiger partial charge in [-0.25, -0.2) is 14.8 Å². The van der Waals surface area contributed by atoms with Crippen LogP contribution in [0.15, 0.2) is 67.3 Å². The third kappa shape index (κ3) is 4.05. The van der Waals surface area contributed by atoms with E-state index in [9.17, 15) is 9.18 Å². The molecule has 2 heterocycles. The van der Waals surface area contributed by atoms with Crippen LogP contribution in [-0.2, 0) is 11.3 Å². The second kappa shape index (κ2) is 7.69. The van der Waals surface area contributed by atoms with Crippen LogP contribution in [0, 0.1) is 11.7 Å². The second-order valence-corrected chi connectivity index (χ2v) is 6.59. The zero-order chi connectivity index (χ0) is 18.6. The predicted molar refractivity (Wildman–Crippen MR) is 100 cm³/mol. The van der Waals surface area contributed by atoms with E-state index in [-0.39, 0.29) is 23.7 Å². The molecular weight excluding hydrogens is 345 g/mol. The van der Waals surface area contributed by atoms with Gasteiger partial charge in [0.05, 0.1) is 18.3 Å². The second-order valence-electron chi connectivity index (χ2n) is 6.59. The maximum absolute atomic E-state index is 13.2. The molecule has 4 rings (SSSR count). The van der Waals surface area contributed by atoms with Crippen LogP contribution in [-0.4, -0.2) is 22.0 Å². The van der Waals surface area contributed by atoms with Gasteiger partial charge in [0.1, 0.15) is 5.82 Å². The Morgan fingerprint density at radius 3 is 2.89 bits per heavy atom. The molecule has 1 aliphatic heterocycles. The van der Waals surface area contributed by atoms with Crippen LogP contribution in [0.1, 0.15) is 17.2 Å². The van der Waals surface area contributed by atoms with E-state index < -0.39 is 0 Å². The summed E-state index contributed by atoms with van der Waals surface area (Å²) in [4.78, 5) is 16.9. The van der Waals surface area contributed by atoms with Crippen molar-refractivity contribution >= 4 is 11.6 Å². The van der Waals surface area contributed by atoms with Crippen molar-refractivity contribution in [3.63, 3.8) is 0 Å². The van der Waals surface area contributed by atoms with Crippen molar-refractivity contribution in [2.45, 2.75) is 12.6 Å². The molecule has 0 spiro atoms. The molecule has 0 saturated carbocycles. The number of nitrogens with zero attached hydrogens (tertiary/aromatic N) is 2. The zero-order valence-corrected chi connectivity index (χ0v) is 14.6. The summed E-state index contributed by atoms with van der Waals surface area (Å²) < 4.78 is 15.1. The molecule has 0 bridgehead atoms. The van der Waals surface area contributed by atoms with Crippen molar-refractivity contribution in [2.24, 2.45) is 5.92 Å². The summed E-state index contributed by atoms with van der Waals surface area (Å²) in [6, 6.07) is 13.8. The molecular formula is C20H20FN5O. The number of amides is 1. The number of benzene rings is 2. The Kier molecular flexibility index (Phi) is 4.95. The van der Waals surface area contributed by atoms with E-state index in [0.717, 1.165) is 16.8 Å². The number of hydrogen-bond donors (Lipinski definition) is 3. The normalized spacial score (nSPS) is 19.1. The summed E-state index contributed by atoms with van der Waals surface area (Å²) >= 11 is 0. The van der Waals surface area contributed by atoms with E-state index in [1.807, 2.05) is 35.0 Å². The Labute approximate surface area is 156 Å². The fraction of sp³-hybridized carbons (Fsp3) is 0.200. The number of carbonyl (C=O) groups is 1. The summed E-state index contributed by atoms with van der Waals surface area (Å²) in [5.41, 5.74) is 8.83. The first kappa shape index (κ1) is 17.4. The molecule has 2 unspecified atom stereocenters. The van der Waals surface area contributed by atoms with Gasteiger partial charge < -0.3 is 9.88 Å². The van der Waals surface area contributed by atoms with Gasteiger partial charge in [0.15, 0.2) is 0 Å². The number of carbonyl (C=O) groups excluding carboxylic acids is 1. The van der Waals surface area contributed by atoms with E-state index >= 15 is 0 Å². The number of anilines is 1. The van der Waals surface area contributed by atoms with Crippen LogP contribution in [0.25, 0.3) is 0 Å². The minimum Gasteiger partial charge on any atom is -0.333 e. The number of rotatable bonds is 5. The quantitative estimate of drug-likeness (QED) is 0.650. The molecule has 2 aromatic carbocycles. The van der Waals surface area contributed by atoms with E-state index in [2.05, 4.69) is 21.2 Å². The highest BCUT2D eigenvalue weighted by Gasteiger charge is 2.34. The first-order valence-corrected chi connectivity index (χ1v) is 8.78. The Morgan fingerprint density at radius 1 is 1.26 bits per heavy atom. The van der Waals surface area contributed by atoms with Gasteiger partial charge in [-0.15, -0.1) is 0 Å². The summed E-state index contributed by atoms with van der Waals surface area (Å²) in [6.45, 7) is 1.19. The molecule has 0 radical (unpaired) electrons. The van der Waals surface area contributed by atoms with Gasteiger partial charge in [0.25, 0.3) is 0 Å². The van der Waals surface area contributed by atoms with Crippen molar-refractivity contribution in [1.29, 1.82) is 0 Å². The van der Waals surface area contributed by atoms with Crippen molar-refractivity contribution < 1.29 is 9.18 Å². The Morgan fingerprint density at radius 2 is 2.11 bits per heavy atom. The van der Waals surface area contributed by atoms with Crippen LogP contribution in [0.5, 0.6) is 0 Å². The van der Waals surface area contributed by atoms with Gasteiger partial charge in [-0.3, -0.25) is 10.2 Å². The van der Waals surface area contributed by atoms with Gasteiger partial charge in [0, 0.05) is 31.2 Å². The molecule has 6 nitrogen and oxygen atoms in total. The van der Waals surface area contributed by atoms with Crippen molar-refractivity contribution in [1.82, 2.24) is 20.4 Å². The van der Waals surface area contributed by atoms with E-state index in [4.69, 9.17) is 0 Å². The summed E-state index contributed by atoms with van der Waals surface area (Å²) in [5, 5.41) is 3.00. The molecule has 0 aliphatic carbocycles. The van der Waals surface area contributed by atoms with Crippen LogP contribution >= 0.6 is 0 Å². The lowest BCUT2D eigenvalue weighted by molar-refractivity contribution is -0.119. The molecule has 27 heavy (non-hydrogen) atoms. The van der Waals surface area contributed by atoms with Gasteiger partial charge >= 0.3 is 0 Å². The molecule has 1 amide bonds. The maximum Gasteiger partial charge on any atom is 0.230 e. The molecule has 3 N–H and O–H groups in total. The van der Waals surface area contributed by atoms with Gasteiger partial charge in [0.2, 0.25) is 5.91 Å². The van der Waals surface area contributed by atoms with Crippen molar-refractivity contribution in [3.05, 3.63) is 84.2 Å². The lowest BCUT2D eigenvalue weighted by Crippen LogP contribution is -2.29. The highest BCUT2D eigenvalue weighted by Crippen LogP contribution is 2.26. The Balaban J connectivity index is 1.46. The summed E-state index contributed by atoms with van der Waals surface area (Å²) in [7, 11) is 0. The number of imidazole rings is 1. The standard InChI is InChI=1S/C20H20FN5O/c21-16-6-4-15(5-7-16)19-18(11-23-25-19)20(27)24-17-3-1-2-14(10-17)12-26-9-8-22-13-26/h1-10,13,18-19,23,25H,11-12H2,(H,24,27). The number of hydrazine groups is 1. The fourth-order valence-corrected chi connectivity index (χ4v) is 3.30. The van der Waals surface area contributed by atoms with Crippen LogP contribution in [0.3, 0.4) is 0 Å². The van der Waals surface area contributed by atoms with Crippen molar-refractivity contribution in [2.75, 3.05) is 11.9 Å². The molecule has 1 fully saturated rings. The molecule has 1 aromatic heterocycles. The molecule has 7 heteroatoms. The van der Waals surface area contributed by atoms with Gasteiger partial charge in [-0.2, -0.15) is 0 Å². The molecule has 2 atom stereocenters. The number of aromatic nitrogens is 2. The first-order chi connectivity index (χ1) is 13.2. The SMILES string of the molecule is O=C(Nc1cccc(Cn2ccnc2)c1)C1CNNC1c1ccc(F)cc1. The van der Waals surface area contributed by atoms with Gasteiger partial charge in [-0.1, -0.05) is 24.3 Å². The smallest absolute Gasteiger partial charge is 0.230 e. The summed E-state index contributed by atoms with van der Waals surface area (Å²) in [6.07, 6.45) is 5.39. The fourth-order valence-electron chi connectivity index (χ4n) is 3.30. The minimum absolute atomic E-state index is 0.0818. The molecule has 3 aromatic rings. The van der Waals surface area contributed by atoms with E-state index in [0.29, 0.717) is 13.1 Å². The number of halogens is 1. The lowest BCUT2D eigenvalue weighted by Gasteiger charge is -2.18. The number of nitrogens with one attached hydrogen (secondary N) is 3. The molecule has 1 saturated heterocycles. The lowest BCUT2D eigenvalue weighted by atomic mass is 9.94. The molecule has 1 aliphatic rings. The average Bonchev–Trinajstić information content (AvgIpc) is 3.34. The van der Waals surface area contributed by atoms with E-state index in [1.54, 1.807) is 24.7 Å². The molecule has 138 valence electrons. The topological polar surface area (TPSA) is 71.0 Å². The monoisotopic (exact) mass is 365 g/mol. The summed E-state index contributed by atoms with van der Waals surface area (Å²) in [5.74, 6) is -0.671. The third-order valence-electron chi connectivity index (χ3n) is 4.67. The average molecular weight is 365 g/mol. The number of hydrogen-bond acceptors (Lipinski definition) is 4. The van der Waals surface area contributed by atoms with Crippen molar-refractivity contribution in [3.8, 4) is 0 Å². The largest absolute Gasteiger partial charge is 0.333 e. The van der Waals surface area contributed by atoms with Gasteiger partial charge in [-0.05, 0) is 35.4 Å². The van der Waals surface area contributed by atoms with E-state index in [1.165, 1.54) is 12.1 Å². The minimum atomic E-state index is -0.298. The first-order valence-electron chi connectivity index (χ1n) is 8.78. The van der Waals surface area contributed by atoms with Crippen LogP contribution in [0.4, 0.5) is 10.1 Å². The third-order valence-corrected chi connectivity index (χ3v) is 4.67. The van der Waals surface area contributed by atoms with Crippen LogP contribution in [0.2, 0.25) is 0 Å². The zero-order valence-electron chi connectivity index (χ0n) is 14.6. The Hall–Kier alpha value is -3.03.